The molecule has 0 aromatic heterocycles. The summed E-state index contributed by atoms with van der Waals surface area (Å²) in [5.74, 6) is 4.49. The smallest absolute Gasteiger partial charge is 0.123 e. The van der Waals surface area contributed by atoms with Crippen molar-refractivity contribution < 1.29 is 8.60 Å². The average Bonchev–Trinajstić information content (AvgIpc) is 2.70. The molecule has 4 N–H and O–H groups in total. The molecule has 0 aliphatic heterocycles. The molecule has 2 aromatic carbocycles. The van der Waals surface area contributed by atoms with Gasteiger partial charge in [-0.15, -0.1) is 0 Å². The summed E-state index contributed by atoms with van der Waals surface area (Å²) in [7, 11) is -2.30. The summed E-state index contributed by atoms with van der Waals surface area (Å²) in [5.41, 5.74) is 17.8. The fraction of sp³-hybridized carbons (Fsp3) is 0.500. The van der Waals surface area contributed by atoms with Crippen molar-refractivity contribution in [1.29, 1.82) is 0 Å². The molecule has 0 saturated heterocycles. The van der Waals surface area contributed by atoms with E-state index in [-0.39, 0.29) is 17.8 Å². The van der Waals surface area contributed by atoms with Crippen LogP contribution < -0.4 is 11.5 Å². The van der Waals surface area contributed by atoms with E-state index in [1.54, 1.807) is 12.1 Å². The zero-order chi connectivity index (χ0) is 22.6. The van der Waals surface area contributed by atoms with Crippen molar-refractivity contribution in [2.75, 3.05) is 5.75 Å². The highest BCUT2D eigenvalue weighted by Crippen LogP contribution is 2.35. The van der Waals surface area contributed by atoms with Crippen LogP contribution in [0.15, 0.2) is 42.5 Å². The van der Waals surface area contributed by atoms with E-state index in [4.69, 9.17) is 11.5 Å². The average molecular weight is 445 g/mol. The summed E-state index contributed by atoms with van der Waals surface area (Å²) in [4.78, 5) is -0.751. The highest BCUT2D eigenvalue weighted by atomic mass is 32.2. The van der Waals surface area contributed by atoms with Crippen molar-refractivity contribution in [3.63, 3.8) is 0 Å². The second-order valence-corrected chi connectivity index (χ2v) is 12.3. The Bertz CT molecular complexity index is 1000. The zero-order valence-electron chi connectivity index (χ0n) is 18.9. The molecule has 1 aliphatic carbocycles. The Morgan fingerprint density at radius 1 is 1.23 bits per heavy atom. The van der Waals surface area contributed by atoms with Gasteiger partial charge in [0.2, 0.25) is 0 Å². The van der Waals surface area contributed by atoms with Crippen molar-refractivity contribution in [2.24, 2.45) is 11.5 Å². The monoisotopic (exact) mass is 444 g/mol. The van der Waals surface area contributed by atoms with Gasteiger partial charge in [0, 0.05) is 17.7 Å². The molecule has 31 heavy (non-hydrogen) atoms. The van der Waals surface area contributed by atoms with Gasteiger partial charge in [0.1, 0.15) is 5.82 Å². The fourth-order valence-corrected chi connectivity index (χ4v) is 6.34. The highest BCUT2D eigenvalue weighted by Gasteiger charge is 2.29. The van der Waals surface area contributed by atoms with Crippen LogP contribution in [0.2, 0.25) is 0 Å². The predicted molar refractivity (Wildman–Crippen MR) is 132 cm³/mol. The maximum absolute atomic E-state index is 13.7. The van der Waals surface area contributed by atoms with E-state index in [0.717, 1.165) is 44.1 Å². The molecule has 5 heteroatoms. The Hall–Kier alpha value is -1.69. The summed E-state index contributed by atoms with van der Waals surface area (Å²) in [6.07, 6.45) is 5.93. The Morgan fingerprint density at radius 2 is 2.00 bits per heavy atom. The van der Waals surface area contributed by atoms with E-state index in [1.807, 2.05) is 19.9 Å². The van der Waals surface area contributed by atoms with Gasteiger partial charge in [0.15, 0.2) is 0 Å². The Balaban J connectivity index is 1.73. The lowest BCUT2D eigenvalue weighted by Gasteiger charge is -2.32. The molecular weight excluding hydrogens is 407 g/mol. The minimum atomic E-state index is -2.30. The Labute approximate surface area is 187 Å². The zero-order valence-corrected chi connectivity index (χ0v) is 19.7. The first-order valence-electron chi connectivity index (χ1n) is 11.4. The second-order valence-electron chi connectivity index (χ2n) is 9.36. The lowest BCUT2D eigenvalue weighted by atomic mass is 9.76. The number of benzene rings is 2. The normalized spacial score (nSPS) is 22.4. The molecule has 4 unspecified atom stereocenters. The van der Waals surface area contributed by atoms with Crippen molar-refractivity contribution in [3.8, 4) is 0 Å². The molecule has 0 fully saturated rings. The Kier molecular flexibility index (Phi) is 7.61. The Morgan fingerprint density at radius 3 is 2.71 bits per heavy atom. The first kappa shape index (κ1) is 24.0. The maximum atomic E-state index is 13.7. The standard InChI is InChI=1S/C26H37FN2OS/c1-4-15-31(3,30)26(2,29)14-6-8-19-10-11-21-12-13-25(28)24(23(21)17-19)18-20-7-5-9-22(27)16-20/h5,7,9-11,16-17,24-25H,3-4,6,8,12-15,18,28-29H2,1-2H3. The second kappa shape index (κ2) is 9.85. The van der Waals surface area contributed by atoms with E-state index in [0.29, 0.717) is 12.2 Å². The van der Waals surface area contributed by atoms with Gasteiger partial charge >= 0.3 is 0 Å². The highest BCUT2D eigenvalue weighted by molar-refractivity contribution is 8.01. The van der Waals surface area contributed by atoms with Crippen LogP contribution in [0.3, 0.4) is 0 Å². The van der Waals surface area contributed by atoms with E-state index < -0.39 is 14.4 Å². The fourth-order valence-electron chi connectivity index (χ4n) is 4.70. The number of hydrogen-bond donors (Lipinski definition) is 2. The number of aryl methyl sites for hydroxylation is 2. The quantitative estimate of drug-likeness (QED) is 0.558. The topological polar surface area (TPSA) is 69.1 Å². The lowest BCUT2D eigenvalue weighted by Crippen LogP contribution is -2.45. The first-order chi connectivity index (χ1) is 14.6. The van der Waals surface area contributed by atoms with Crippen molar-refractivity contribution in [2.45, 2.75) is 75.6 Å². The number of nitrogens with two attached hydrogens (primary N) is 2. The third kappa shape index (κ3) is 5.76. The molecule has 0 saturated carbocycles. The van der Waals surface area contributed by atoms with Crippen LogP contribution in [-0.2, 0) is 28.8 Å². The van der Waals surface area contributed by atoms with Gasteiger partial charge < -0.3 is 11.5 Å². The molecule has 0 radical (unpaired) electrons. The summed E-state index contributed by atoms with van der Waals surface area (Å²) in [6, 6.07) is 13.6. The number of fused-ring (bicyclic) bond motifs is 1. The molecule has 0 amide bonds. The van der Waals surface area contributed by atoms with Crippen molar-refractivity contribution in [3.05, 3.63) is 70.5 Å². The molecule has 0 spiro atoms. The van der Waals surface area contributed by atoms with Gasteiger partial charge in [-0.1, -0.05) is 37.3 Å². The lowest BCUT2D eigenvalue weighted by molar-refractivity contribution is 0.466. The predicted octanol–water partition coefficient (Wildman–Crippen LogP) is 4.55. The summed E-state index contributed by atoms with van der Waals surface area (Å²) in [6.45, 7) is 3.89. The van der Waals surface area contributed by atoms with Gasteiger partial charge in [-0.25, -0.2) is 4.39 Å². The molecule has 0 heterocycles. The minimum absolute atomic E-state index is 0.0724. The molecule has 0 bridgehead atoms. The van der Waals surface area contributed by atoms with E-state index in [1.165, 1.54) is 22.8 Å². The van der Waals surface area contributed by atoms with Crippen LogP contribution in [0.1, 0.15) is 67.7 Å². The molecule has 3 nitrogen and oxygen atoms in total. The third-order valence-corrected chi connectivity index (χ3v) is 9.71. The summed E-state index contributed by atoms with van der Waals surface area (Å²) in [5, 5.41) is 0. The van der Waals surface area contributed by atoms with Crippen molar-refractivity contribution in [1.82, 2.24) is 0 Å². The molecular formula is C26H37FN2OS. The molecule has 4 atom stereocenters. The first-order valence-corrected chi connectivity index (χ1v) is 13.3. The number of rotatable bonds is 9. The molecule has 2 aromatic rings. The van der Waals surface area contributed by atoms with Crippen LogP contribution in [0.4, 0.5) is 4.39 Å². The van der Waals surface area contributed by atoms with Crippen LogP contribution in [0.5, 0.6) is 0 Å². The molecule has 170 valence electrons. The maximum Gasteiger partial charge on any atom is 0.123 e. The van der Waals surface area contributed by atoms with Gasteiger partial charge in [-0.05, 0) is 102 Å². The van der Waals surface area contributed by atoms with Gasteiger partial charge in [-0.2, -0.15) is 0 Å². The van der Waals surface area contributed by atoms with E-state index >= 15 is 0 Å². The van der Waals surface area contributed by atoms with E-state index in [2.05, 4.69) is 24.1 Å². The SMILES string of the molecule is C=S(=O)(CCC)C(C)(N)CCCc1ccc2c(c1)C(Cc1cccc(F)c1)C(N)CC2. The minimum Gasteiger partial charge on any atom is -0.327 e. The van der Waals surface area contributed by atoms with Crippen molar-refractivity contribution >= 4 is 15.4 Å². The van der Waals surface area contributed by atoms with Crippen LogP contribution in [0, 0.1) is 5.82 Å². The van der Waals surface area contributed by atoms with Crippen LogP contribution in [-0.4, -0.2) is 26.7 Å². The van der Waals surface area contributed by atoms with Gasteiger partial charge in [0.25, 0.3) is 0 Å². The molecule has 1 aliphatic rings. The summed E-state index contributed by atoms with van der Waals surface area (Å²) < 4.78 is 26.5. The van der Waals surface area contributed by atoms with Gasteiger partial charge in [-0.3, -0.25) is 4.21 Å². The third-order valence-electron chi connectivity index (χ3n) is 6.74. The molecule has 3 rings (SSSR count). The van der Waals surface area contributed by atoms with E-state index in [9.17, 15) is 8.60 Å². The number of hydrogen-bond acceptors (Lipinski definition) is 3. The number of halogens is 1. The van der Waals surface area contributed by atoms with Crippen LogP contribution >= 0.6 is 0 Å². The van der Waals surface area contributed by atoms with Crippen LogP contribution in [0.25, 0.3) is 0 Å². The summed E-state index contributed by atoms with van der Waals surface area (Å²) >= 11 is 0. The van der Waals surface area contributed by atoms with Gasteiger partial charge in [0.05, 0.1) is 4.87 Å². The largest absolute Gasteiger partial charge is 0.327 e.